The van der Waals surface area contributed by atoms with Gasteiger partial charge in [-0.05, 0) is 24.0 Å². The van der Waals surface area contributed by atoms with Gasteiger partial charge in [-0.2, -0.15) is 13.2 Å². The molecule has 0 aliphatic carbocycles. The molecule has 8 nitrogen and oxygen atoms in total. The fraction of sp³-hybridized carbons (Fsp3) is 0.500. The van der Waals surface area contributed by atoms with Crippen molar-refractivity contribution in [2.45, 2.75) is 45.1 Å². The number of benzene rings is 1. The summed E-state index contributed by atoms with van der Waals surface area (Å²) < 4.78 is 41.2. The molecule has 35 heavy (non-hydrogen) atoms. The lowest BCUT2D eigenvalue weighted by molar-refractivity contribution is -0.177. The van der Waals surface area contributed by atoms with Gasteiger partial charge in [0.2, 0.25) is 5.91 Å². The number of anilines is 1. The number of carbonyl (C=O) groups is 2. The van der Waals surface area contributed by atoms with Crippen molar-refractivity contribution in [1.29, 1.82) is 0 Å². The Balaban J connectivity index is 1.31. The minimum atomic E-state index is -4.45. The van der Waals surface area contributed by atoms with Gasteiger partial charge in [-0.25, -0.2) is 9.97 Å². The summed E-state index contributed by atoms with van der Waals surface area (Å²) in [6, 6.07) is 9.12. The van der Waals surface area contributed by atoms with E-state index in [1.165, 1.54) is 19.3 Å². The van der Waals surface area contributed by atoms with Gasteiger partial charge in [0.1, 0.15) is 17.8 Å². The lowest BCUT2D eigenvalue weighted by Crippen LogP contribution is -2.42. The molecule has 4 rings (SSSR count). The maximum absolute atomic E-state index is 13.7. The zero-order valence-electron chi connectivity index (χ0n) is 19.5. The number of halogens is 3. The zero-order valence-corrected chi connectivity index (χ0v) is 19.5. The van der Waals surface area contributed by atoms with Crippen LogP contribution in [0.5, 0.6) is 0 Å². The van der Waals surface area contributed by atoms with E-state index in [-0.39, 0.29) is 24.2 Å². The second-order valence-corrected chi connectivity index (χ2v) is 9.10. The molecule has 2 aliphatic rings. The molecule has 188 valence electrons. The molecule has 1 unspecified atom stereocenters. The maximum atomic E-state index is 13.7. The fourth-order valence-electron chi connectivity index (χ4n) is 4.54. The number of hydrogen-bond acceptors (Lipinski definition) is 6. The van der Waals surface area contributed by atoms with E-state index in [4.69, 9.17) is 0 Å². The van der Waals surface area contributed by atoms with Crippen LogP contribution in [0.2, 0.25) is 0 Å². The number of alkyl halides is 3. The monoisotopic (exact) mass is 490 g/mol. The third kappa shape index (κ3) is 6.47. The molecule has 11 heteroatoms. The number of aromatic nitrogens is 2. The Kier molecular flexibility index (Phi) is 7.54. The van der Waals surface area contributed by atoms with Crippen LogP contribution >= 0.6 is 0 Å². The summed E-state index contributed by atoms with van der Waals surface area (Å²) in [6.07, 6.45) is -1.77. The van der Waals surface area contributed by atoms with E-state index in [0.29, 0.717) is 32.0 Å². The molecule has 1 saturated heterocycles. The molecule has 1 atom stereocenters. The lowest BCUT2D eigenvalue weighted by Gasteiger charge is -2.31. The van der Waals surface area contributed by atoms with Crippen LogP contribution in [0.25, 0.3) is 0 Å². The van der Waals surface area contributed by atoms with Gasteiger partial charge < -0.3 is 15.5 Å². The highest BCUT2D eigenvalue weighted by Gasteiger charge is 2.41. The average molecular weight is 491 g/mol. The average Bonchev–Trinajstić information content (AvgIpc) is 3.24. The number of nitrogens with one attached hydrogen (secondary N) is 2. The molecule has 1 fully saturated rings. The van der Waals surface area contributed by atoms with Gasteiger partial charge in [-0.3, -0.25) is 14.5 Å². The van der Waals surface area contributed by atoms with Crippen LogP contribution in [0.3, 0.4) is 0 Å². The third-order valence-electron chi connectivity index (χ3n) is 6.55. The summed E-state index contributed by atoms with van der Waals surface area (Å²) in [4.78, 5) is 35.6. The number of piperidine rings is 1. The second-order valence-electron chi connectivity index (χ2n) is 9.10. The summed E-state index contributed by atoms with van der Waals surface area (Å²) in [5, 5.41) is 5.63. The van der Waals surface area contributed by atoms with E-state index in [0.717, 1.165) is 24.0 Å². The van der Waals surface area contributed by atoms with Gasteiger partial charge in [0.15, 0.2) is 0 Å². The molecule has 0 spiro atoms. The molecule has 0 saturated carbocycles. The molecular formula is C24H29F3N6O2. The summed E-state index contributed by atoms with van der Waals surface area (Å²) in [7, 11) is 0. The Morgan fingerprint density at radius 3 is 2.37 bits per heavy atom. The highest BCUT2D eigenvalue weighted by atomic mass is 19.4. The number of fused-ring (bicyclic) bond motifs is 1. The maximum Gasteiger partial charge on any atom is 0.394 e. The number of carbonyl (C=O) groups excluding carboxylic acids is 2. The van der Waals surface area contributed by atoms with E-state index in [2.05, 4.69) is 20.6 Å². The lowest BCUT2D eigenvalue weighted by atomic mass is 10.1. The predicted molar refractivity (Wildman–Crippen MR) is 123 cm³/mol. The van der Waals surface area contributed by atoms with Crippen LogP contribution in [-0.4, -0.2) is 70.0 Å². The standard InChI is InChI=1S/C24H29F3N6O2/c1-16(34)33-8-6-20(7-9-33)31-22-10-21(29-15-30-22)23(35)28-11-19(24(25,26)27)14-32-12-17-4-2-3-5-18(17)13-32/h2-5,10,15,19-20H,6-9,11-14H2,1H3,(H,28,35)(H,29,30,31). The first-order valence-corrected chi connectivity index (χ1v) is 11.7. The Labute approximate surface area is 201 Å². The van der Waals surface area contributed by atoms with Gasteiger partial charge in [0, 0.05) is 58.3 Å². The van der Waals surface area contributed by atoms with Crippen LogP contribution < -0.4 is 10.6 Å². The van der Waals surface area contributed by atoms with Gasteiger partial charge in [-0.15, -0.1) is 0 Å². The predicted octanol–water partition coefficient (Wildman–Crippen LogP) is 2.82. The third-order valence-corrected chi connectivity index (χ3v) is 6.55. The molecule has 0 bridgehead atoms. The number of amides is 2. The van der Waals surface area contributed by atoms with Crippen molar-refractivity contribution in [1.82, 2.24) is 25.1 Å². The number of hydrogen-bond donors (Lipinski definition) is 2. The van der Waals surface area contributed by atoms with Crippen molar-refractivity contribution < 1.29 is 22.8 Å². The molecule has 2 N–H and O–H groups in total. The highest BCUT2D eigenvalue weighted by molar-refractivity contribution is 5.92. The summed E-state index contributed by atoms with van der Waals surface area (Å²) in [6.45, 7) is 2.99. The SMILES string of the molecule is CC(=O)N1CCC(Nc2cc(C(=O)NCC(CN3Cc4ccccc4C3)C(F)(F)F)ncn2)CC1. The quantitative estimate of drug-likeness (QED) is 0.621. The van der Waals surface area contributed by atoms with Crippen LogP contribution in [0.15, 0.2) is 36.7 Å². The van der Waals surface area contributed by atoms with Crippen LogP contribution in [0, 0.1) is 5.92 Å². The molecule has 2 aromatic rings. The smallest absolute Gasteiger partial charge is 0.367 e. The van der Waals surface area contributed by atoms with E-state index in [9.17, 15) is 22.8 Å². The number of rotatable bonds is 7. The van der Waals surface area contributed by atoms with Crippen LogP contribution in [0.1, 0.15) is 41.4 Å². The minimum absolute atomic E-state index is 0.00169. The first-order valence-electron chi connectivity index (χ1n) is 11.7. The van der Waals surface area contributed by atoms with E-state index in [1.54, 1.807) is 9.80 Å². The summed E-state index contributed by atoms with van der Waals surface area (Å²) in [5.41, 5.74) is 2.06. The van der Waals surface area contributed by atoms with Crippen molar-refractivity contribution in [3.05, 3.63) is 53.5 Å². The van der Waals surface area contributed by atoms with Crippen molar-refractivity contribution in [2.24, 2.45) is 5.92 Å². The van der Waals surface area contributed by atoms with E-state index in [1.807, 2.05) is 24.3 Å². The molecule has 2 amide bonds. The highest BCUT2D eigenvalue weighted by Crippen LogP contribution is 2.30. The van der Waals surface area contributed by atoms with Gasteiger partial charge in [-0.1, -0.05) is 24.3 Å². The molecule has 2 aliphatic heterocycles. The Morgan fingerprint density at radius 2 is 1.77 bits per heavy atom. The largest absolute Gasteiger partial charge is 0.394 e. The van der Waals surface area contributed by atoms with Gasteiger partial charge >= 0.3 is 6.18 Å². The van der Waals surface area contributed by atoms with E-state index >= 15 is 0 Å². The molecular weight excluding hydrogens is 461 g/mol. The van der Waals surface area contributed by atoms with Crippen molar-refractivity contribution in [3.63, 3.8) is 0 Å². The second kappa shape index (κ2) is 10.6. The summed E-state index contributed by atoms with van der Waals surface area (Å²) >= 11 is 0. The Hall–Kier alpha value is -3.21. The van der Waals surface area contributed by atoms with Crippen LogP contribution in [-0.2, 0) is 17.9 Å². The Morgan fingerprint density at radius 1 is 1.11 bits per heavy atom. The van der Waals surface area contributed by atoms with Crippen molar-refractivity contribution in [3.8, 4) is 0 Å². The molecule has 1 aromatic carbocycles. The number of likely N-dealkylation sites (tertiary alicyclic amines) is 1. The molecule has 1 aromatic heterocycles. The zero-order chi connectivity index (χ0) is 25.0. The topological polar surface area (TPSA) is 90.5 Å². The first-order chi connectivity index (χ1) is 16.7. The van der Waals surface area contributed by atoms with Crippen LogP contribution in [0.4, 0.5) is 19.0 Å². The minimum Gasteiger partial charge on any atom is -0.367 e. The normalized spacial score (nSPS) is 17.7. The first kappa shape index (κ1) is 24.9. The van der Waals surface area contributed by atoms with Gasteiger partial charge in [0.05, 0.1) is 5.92 Å². The molecule has 3 heterocycles. The summed E-state index contributed by atoms with van der Waals surface area (Å²) in [5.74, 6) is -1.92. The van der Waals surface area contributed by atoms with E-state index < -0.39 is 24.5 Å². The fourth-order valence-corrected chi connectivity index (χ4v) is 4.54. The number of nitrogens with zero attached hydrogens (tertiary/aromatic N) is 4. The Bertz CT molecular complexity index is 1030. The van der Waals surface area contributed by atoms with Crippen molar-refractivity contribution in [2.75, 3.05) is 31.5 Å². The van der Waals surface area contributed by atoms with Crippen molar-refractivity contribution >= 4 is 17.6 Å². The van der Waals surface area contributed by atoms with Gasteiger partial charge in [0.25, 0.3) is 5.91 Å². The molecule has 0 radical (unpaired) electrons.